The van der Waals surface area contributed by atoms with E-state index < -0.39 is 5.97 Å². The Hall–Kier alpha value is -1.88. The van der Waals surface area contributed by atoms with Crippen LogP contribution in [0.3, 0.4) is 0 Å². The number of hydrogen-bond donors (Lipinski definition) is 2. The molecule has 1 aliphatic heterocycles. The van der Waals surface area contributed by atoms with Crippen molar-refractivity contribution in [2.75, 3.05) is 6.61 Å². The smallest absolute Gasteiger partial charge is 0.335 e. The molecule has 112 valence electrons. The average molecular weight is 289 g/mol. The van der Waals surface area contributed by atoms with Gasteiger partial charge >= 0.3 is 5.97 Å². The van der Waals surface area contributed by atoms with E-state index in [1.165, 1.54) is 12.1 Å². The minimum absolute atomic E-state index is 0.132. The number of aromatic carboxylic acids is 1. The molecular formula is C16H19NO4. The fraction of sp³-hybridized carbons (Fsp3) is 0.500. The van der Waals surface area contributed by atoms with Gasteiger partial charge in [0.05, 0.1) is 11.7 Å². The van der Waals surface area contributed by atoms with Crippen molar-refractivity contribution in [3.63, 3.8) is 0 Å². The molecule has 0 aromatic heterocycles. The van der Waals surface area contributed by atoms with Crippen molar-refractivity contribution in [2.24, 2.45) is 5.92 Å². The molecule has 2 N–H and O–H groups in total. The molecule has 2 aliphatic rings. The van der Waals surface area contributed by atoms with Crippen molar-refractivity contribution < 1.29 is 19.4 Å². The maximum absolute atomic E-state index is 12.3. The number of benzene rings is 1. The Morgan fingerprint density at radius 2 is 2.00 bits per heavy atom. The molecule has 0 unspecified atom stereocenters. The van der Waals surface area contributed by atoms with E-state index in [0.29, 0.717) is 11.5 Å². The number of carboxylic acid groups (broad SMARTS) is 1. The van der Waals surface area contributed by atoms with Crippen LogP contribution >= 0.6 is 0 Å². The molecule has 1 saturated heterocycles. The lowest BCUT2D eigenvalue weighted by atomic mass is 9.81. The first kappa shape index (κ1) is 14.1. The topological polar surface area (TPSA) is 75.6 Å². The lowest BCUT2D eigenvalue weighted by Gasteiger charge is -2.33. The van der Waals surface area contributed by atoms with Gasteiger partial charge in [-0.05, 0) is 43.9 Å². The van der Waals surface area contributed by atoms with Gasteiger partial charge in [-0.2, -0.15) is 0 Å². The van der Waals surface area contributed by atoms with Crippen LogP contribution in [0.4, 0.5) is 0 Å². The molecule has 1 aromatic rings. The number of carboxylic acids is 1. The maximum atomic E-state index is 12.3. The van der Waals surface area contributed by atoms with Crippen LogP contribution in [0.1, 0.15) is 46.4 Å². The van der Waals surface area contributed by atoms with Crippen LogP contribution in [0.5, 0.6) is 0 Å². The zero-order valence-electron chi connectivity index (χ0n) is 11.7. The third-order valence-corrected chi connectivity index (χ3v) is 4.47. The van der Waals surface area contributed by atoms with Crippen molar-refractivity contribution in [1.29, 1.82) is 0 Å². The lowest BCUT2D eigenvalue weighted by molar-refractivity contribution is 0.0510. The second-order valence-corrected chi connectivity index (χ2v) is 5.76. The summed E-state index contributed by atoms with van der Waals surface area (Å²) in [5.41, 5.74) is 0.532. The summed E-state index contributed by atoms with van der Waals surface area (Å²) in [5.74, 6) is -0.826. The zero-order valence-corrected chi connectivity index (χ0v) is 11.7. The van der Waals surface area contributed by atoms with Gasteiger partial charge < -0.3 is 15.2 Å². The van der Waals surface area contributed by atoms with Crippen LogP contribution in [0.2, 0.25) is 0 Å². The highest BCUT2D eigenvalue weighted by atomic mass is 16.5. The Morgan fingerprint density at radius 3 is 2.81 bits per heavy atom. The van der Waals surface area contributed by atoms with Crippen molar-refractivity contribution in [2.45, 2.75) is 37.8 Å². The number of rotatable bonds is 3. The van der Waals surface area contributed by atoms with Crippen LogP contribution in [-0.2, 0) is 4.74 Å². The molecule has 5 heteroatoms. The summed E-state index contributed by atoms with van der Waals surface area (Å²) in [7, 11) is 0. The van der Waals surface area contributed by atoms with Crippen molar-refractivity contribution in [3.05, 3.63) is 35.4 Å². The molecule has 0 spiro atoms. The molecule has 5 nitrogen and oxygen atoms in total. The Kier molecular flexibility index (Phi) is 3.92. The Morgan fingerprint density at radius 1 is 1.19 bits per heavy atom. The largest absolute Gasteiger partial charge is 0.478 e. The van der Waals surface area contributed by atoms with Gasteiger partial charge in [-0.15, -0.1) is 0 Å². The molecule has 1 aromatic carbocycles. The van der Waals surface area contributed by atoms with E-state index in [1.807, 2.05) is 0 Å². The highest BCUT2D eigenvalue weighted by molar-refractivity contribution is 5.97. The molecule has 3 rings (SSSR count). The number of ether oxygens (including phenoxy) is 1. The quantitative estimate of drug-likeness (QED) is 0.893. The molecule has 21 heavy (non-hydrogen) atoms. The van der Waals surface area contributed by atoms with Gasteiger partial charge in [0.1, 0.15) is 0 Å². The summed E-state index contributed by atoms with van der Waals surface area (Å²) in [6.45, 7) is 0.774. The molecular weight excluding hydrogens is 270 g/mol. The van der Waals surface area contributed by atoms with E-state index in [9.17, 15) is 9.59 Å². The summed E-state index contributed by atoms with van der Waals surface area (Å²) >= 11 is 0. The highest BCUT2D eigenvalue weighted by Gasteiger charge is 2.38. The molecule has 1 aliphatic carbocycles. The van der Waals surface area contributed by atoms with Gasteiger partial charge in [0.15, 0.2) is 0 Å². The van der Waals surface area contributed by atoms with Gasteiger partial charge in [-0.1, -0.05) is 6.07 Å². The third kappa shape index (κ3) is 2.93. The first-order chi connectivity index (χ1) is 10.1. The molecule has 0 radical (unpaired) electrons. The van der Waals surface area contributed by atoms with Crippen LogP contribution in [0.15, 0.2) is 24.3 Å². The lowest BCUT2D eigenvalue weighted by Crippen LogP contribution is -2.45. The van der Waals surface area contributed by atoms with E-state index in [1.54, 1.807) is 12.1 Å². The predicted octanol–water partition coefficient (Wildman–Crippen LogP) is 2.07. The molecule has 3 atom stereocenters. The third-order valence-electron chi connectivity index (χ3n) is 4.47. The van der Waals surface area contributed by atoms with Crippen LogP contribution < -0.4 is 5.32 Å². The number of amides is 1. The first-order valence-electron chi connectivity index (χ1n) is 7.41. The van der Waals surface area contributed by atoms with E-state index in [0.717, 1.165) is 32.3 Å². The van der Waals surface area contributed by atoms with Crippen LogP contribution in [0, 0.1) is 5.92 Å². The second-order valence-electron chi connectivity index (χ2n) is 5.76. The maximum Gasteiger partial charge on any atom is 0.335 e. The van der Waals surface area contributed by atoms with Gasteiger partial charge in [0.2, 0.25) is 0 Å². The first-order valence-corrected chi connectivity index (χ1v) is 7.41. The molecule has 0 bridgehead atoms. The number of hydrogen-bond acceptors (Lipinski definition) is 3. The van der Waals surface area contributed by atoms with Crippen LogP contribution in [-0.4, -0.2) is 35.7 Å². The molecule has 1 heterocycles. The summed E-state index contributed by atoms with van der Waals surface area (Å²) in [6.07, 6.45) is 4.36. The summed E-state index contributed by atoms with van der Waals surface area (Å²) in [6, 6.07) is 6.28. The summed E-state index contributed by atoms with van der Waals surface area (Å²) in [4.78, 5) is 23.3. The second kappa shape index (κ2) is 5.85. The van der Waals surface area contributed by atoms with E-state index in [2.05, 4.69) is 5.32 Å². The van der Waals surface area contributed by atoms with Crippen LogP contribution in [0.25, 0.3) is 0 Å². The number of carbonyl (C=O) groups excluding carboxylic acids is 1. The van der Waals surface area contributed by atoms with Gasteiger partial charge in [-0.25, -0.2) is 4.79 Å². The Bertz CT molecular complexity index is 557. The SMILES string of the molecule is O=C(O)c1cccc(C(=O)N[C@@H]2CCC[C@@H]3OCC[C@H]32)c1. The standard InChI is InChI=1S/C16H19NO4/c18-15(10-3-1-4-11(9-10)16(19)20)17-13-5-2-6-14-12(13)7-8-21-14/h1,3-4,9,12-14H,2,5-8H2,(H,17,18)(H,19,20)/t12-,13+,14-/m0/s1. The minimum Gasteiger partial charge on any atom is -0.478 e. The number of fused-ring (bicyclic) bond motifs is 1. The summed E-state index contributed by atoms with van der Waals surface area (Å²) < 4.78 is 5.70. The Balaban J connectivity index is 1.71. The highest BCUT2D eigenvalue weighted by Crippen LogP contribution is 2.34. The fourth-order valence-electron chi connectivity index (χ4n) is 3.40. The molecule has 1 amide bonds. The number of nitrogens with one attached hydrogen (secondary N) is 1. The predicted molar refractivity (Wildman–Crippen MR) is 76.4 cm³/mol. The monoisotopic (exact) mass is 289 g/mol. The van der Waals surface area contributed by atoms with E-state index >= 15 is 0 Å². The number of carbonyl (C=O) groups is 2. The van der Waals surface area contributed by atoms with Crippen molar-refractivity contribution in [3.8, 4) is 0 Å². The van der Waals surface area contributed by atoms with E-state index in [4.69, 9.17) is 9.84 Å². The summed E-state index contributed by atoms with van der Waals surface area (Å²) in [5, 5.41) is 12.0. The van der Waals surface area contributed by atoms with Crippen molar-refractivity contribution >= 4 is 11.9 Å². The normalized spacial score (nSPS) is 27.9. The Labute approximate surface area is 123 Å². The van der Waals surface area contributed by atoms with Crippen molar-refractivity contribution in [1.82, 2.24) is 5.32 Å². The van der Waals surface area contributed by atoms with Gasteiger partial charge in [0, 0.05) is 24.1 Å². The fourth-order valence-corrected chi connectivity index (χ4v) is 3.40. The molecule has 1 saturated carbocycles. The van der Waals surface area contributed by atoms with E-state index in [-0.39, 0.29) is 23.6 Å². The minimum atomic E-state index is -1.02. The van der Waals surface area contributed by atoms with Gasteiger partial charge in [-0.3, -0.25) is 4.79 Å². The van der Waals surface area contributed by atoms with Gasteiger partial charge in [0.25, 0.3) is 5.91 Å². The molecule has 2 fully saturated rings. The average Bonchev–Trinajstić information content (AvgIpc) is 2.97. The zero-order chi connectivity index (χ0) is 14.8.